The first-order valence-corrected chi connectivity index (χ1v) is 6.57. The van der Waals surface area contributed by atoms with Gasteiger partial charge in [-0.05, 0) is 13.0 Å². The number of nitrogens with zero attached hydrogens (tertiary/aromatic N) is 1. The molecule has 0 fully saturated rings. The molecule has 3 N–H and O–H groups in total. The third-order valence-electron chi connectivity index (χ3n) is 1.70. The molecule has 0 saturated carbocycles. The van der Waals surface area contributed by atoms with Crippen molar-refractivity contribution < 1.29 is 4.21 Å². The van der Waals surface area contributed by atoms with Gasteiger partial charge in [-0.15, -0.1) is 0 Å². The lowest BCUT2D eigenvalue weighted by atomic mass is 10.3. The molecular formula is C9H14ClN3OS. The summed E-state index contributed by atoms with van der Waals surface area (Å²) in [5.74, 6) is 1.17. The van der Waals surface area contributed by atoms with E-state index in [4.69, 9.17) is 17.3 Å². The average Bonchev–Trinajstić information content (AvgIpc) is 1.98. The SMILES string of the molecule is CC(CS(C)=O)Nc1cc(N)cc(Cl)n1. The predicted octanol–water partition coefficient (Wildman–Crippen LogP) is 1.50. The quantitative estimate of drug-likeness (QED) is 0.792. The van der Waals surface area contributed by atoms with Crippen LogP contribution < -0.4 is 11.1 Å². The Bertz CT molecular complexity index is 352. The Morgan fingerprint density at radius 2 is 2.33 bits per heavy atom. The van der Waals surface area contributed by atoms with Gasteiger partial charge in [-0.3, -0.25) is 4.21 Å². The number of aromatic nitrogens is 1. The Morgan fingerprint density at radius 3 is 2.87 bits per heavy atom. The number of hydrogen-bond donors (Lipinski definition) is 2. The Labute approximate surface area is 96.7 Å². The first kappa shape index (κ1) is 12.3. The highest BCUT2D eigenvalue weighted by atomic mass is 35.5. The van der Waals surface area contributed by atoms with E-state index in [0.29, 0.717) is 22.4 Å². The molecular weight excluding hydrogens is 234 g/mol. The molecule has 1 rings (SSSR count). The summed E-state index contributed by atoms with van der Waals surface area (Å²) in [6.45, 7) is 1.93. The fourth-order valence-electron chi connectivity index (χ4n) is 1.24. The van der Waals surface area contributed by atoms with Gasteiger partial charge in [-0.1, -0.05) is 11.6 Å². The van der Waals surface area contributed by atoms with Crippen molar-refractivity contribution in [3.63, 3.8) is 0 Å². The van der Waals surface area contributed by atoms with Crippen LogP contribution in [-0.4, -0.2) is 27.2 Å². The molecule has 6 heteroatoms. The minimum absolute atomic E-state index is 0.0706. The summed E-state index contributed by atoms with van der Waals surface area (Å²) in [6, 6.07) is 3.34. The fraction of sp³-hybridized carbons (Fsp3) is 0.444. The molecule has 2 unspecified atom stereocenters. The van der Waals surface area contributed by atoms with Crippen LogP contribution in [0.15, 0.2) is 12.1 Å². The van der Waals surface area contributed by atoms with Crippen LogP contribution in [0, 0.1) is 0 Å². The lowest BCUT2D eigenvalue weighted by Crippen LogP contribution is -2.22. The van der Waals surface area contributed by atoms with E-state index in [-0.39, 0.29) is 6.04 Å². The third kappa shape index (κ3) is 4.48. The summed E-state index contributed by atoms with van der Waals surface area (Å²) in [5, 5.41) is 3.44. The van der Waals surface area contributed by atoms with Crippen LogP contribution in [0.2, 0.25) is 5.15 Å². The van der Waals surface area contributed by atoms with E-state index in [1.165, 1.54) is 0 Å². The summed E-state index contributed by atoms with van der Waals surface area (Å²) in [7, 11) is -0.835. The largest absolute Gasteiger partial charge is 0.399 e. The first-order chi connectivity index (χ1) is 6.97. The Balaban J connectivity index is 2.67. The van der Waals surface area contributed by atoms with Crippen LogP contribution in [-0.2, 0) is 10.8 Å². The maximum atomic E-state index is 11.0. The van der Waals surface area contributed by atoms with Gasteiger partial charge in [0.15, 0.2) is 0 Å². The first-order valence-electron chi connectivity index (χ1n) is 4.47. The van der Waals surface area contributed by atoms with Crippen LogP contribution >= 0.6 is 11.6 Å². The summed E-state index contributed by atoms with van der Waals surface area (Å²) >= 11 is 5.75. The van der Waals surface area contributed by atoms with Gasteiger partial charge >= 0.3 is 0 Å². The molecule has 0 radical (unpaired) electrons. The Hall–Kier alpha value is -0.810. The summed E-state index contributed by atoms with van der Waals surface area (Å²) in [5.41, 5.74) is 6.17. The van der Waals surface area contributed by atoms with Gasteiger partial charge in [0.2, 0.25) is 0 Å². The van der Waals surface area contributed by atoms with E-state index in [1.54, 1.807) is 18.4 Å². The number of nitrogens with one attached hydrogen (secondary N) is 1. The van der Waals surface area contributed by atoms with Gasteiger partial charge in [0.05, 0.1) is 0 Å². The molecule has 0 aromatic carbocycles. The molecule has 0 amide bonds. The lowest BCUT2D eigenvalue weighted by Gasteiger charge is -2.13. The van der Waals surface area contributed by atoms with Gasteiger partial charge in [0.25, 0.3) is 0 Å². The maximum Gasteiger partial charge on any atom is 0.133 e. The standard InChI is InChI=1S/C9H14ClN3OS/c1-6(5-15(2)14)12-9-4-7(11)3-8(10)13-9/h3-4,6H,5H2,1-2H3,(H3,11,12,13). The monoisotopic (exact) mass is 247 g/mol. The molecule has 2 atom stereocenters. The number of anilines is 2. The molecule has 15 heavy (non-hydrogen) atoms. The number of nitrogens with two attached hydrogens (primary N) is 1. The van der Waals surface area contributed by atoms with Crippen molar-refractivity contribution in [3.05, 3.63) is 17.3 Å². The zero-order chi connectivity index (χ0) is 11.4. The molecule has 1 heterocycles. The highest BCUT2D eigenvalue weighted by molar-refractivity contribution is 7.84. The molecule has 84 valence electrons. The van der Waals surface area contributed by atoms with E-state index in [1.807, 2.05) is 6.92 Å². The van der Waals surface area contributed by atoms with Crippen molar-refractivity contribution >= 4 is 33.9 Å². The van der Waals surface area contributed by atoms with E-state index in [9.17, 15) is 4.21 Å². The maximum absolute atomic E-state index is 11.0. The van der Waals surface area contributed by atoms with Gasteiger partial charge < -0.3 is 11.1 Å². The van der Waals surface area contributed by atoms with Crippen molar-refractivity contribution in [2.75, 3.05) is 23.1 Å². The van der Waals surface area contributed by atoms with Crippen LogP contribution in [0.25, 0.3) is 0 Å². The minimum atomic E-state index is -0.835. The van der Waals surface area contributed by atoms with Gasteiger partial charge in [0, 0.05) is 40.6 Å². The summed E-state index contributed by atoms with van der Waals surface area (Å²) < 4.78 is 11.0. The lowest BCUT2D eigenvalue weighted by molar-refractivity contribution is 0.683. The summed E-state index contributed by atoms with van der Waals surface area (Å²) in [4.78, 5) is 4.06. The normalized spacial score (nSPS) is 14.6. The highest BCUT2D eigenvalue weighted by Gasteiger charge is 2.06. The minimum Gasteiger partial charge on any atom is -0.399 e. The van der Waals surface area contributed by atoms with Crippen LogP contribution in [0.1, 0.15) is 6.92 Å². The molecule has 4 nitrogen and oxygen atoms in total. The summed E-state index contributed by atoms with van der Waals surface area (Å²) in [6.07, 6.45) is 1.66. The second kappa shape index (κ2) is 5.32. The molecule has 0 spiro atoms. The van der Waals surface area contributed by atoms with Crippen molar-refractivity contribution in [2.24, 2.45) is 0 Å². The topological polar surface area (TPSA) is 68.0 Å². The van der Waals surface area contributed by atoms with E-state index in [2.05, 4.69) is 10.3 Å². The van der Waals surface area contributed by atoms with E-state index in [0.717, 1.165) is 0 Å². The molecule has 0 bridgehead atoms. The van der Waals surface area contributed by atoms with Gasteiger partial charge in [-0.2, -0.15) is 0 Å². The number of hydrogen-bond acceptors (Lipinski definition) is 4. The second-order valence-corrected chi connectivity index (χ2v) is 5.26. The average molecular weight is 248 g/mol. The molecule has 0 aliphatic carbocycles. The zero-order valence-electron chi connectivity index (χ0n) is 8.66. The Morgan fingerprint density at radius 1 is 1.67 bits per heavy atom. The van der Waals surface area contributed by atoms with Crippen molar-refractivity contribution in [3.8, 4) is 0 Å². The number of pyridine rings is 1. The molecule has 1 aromatic heterocycles. The number of rotatable bonds is 4. The zero-order valence-corrected chi connectivity index (χ0v) is 10.2. The van der Waals surface area contributed by atoms with Crippen LogP contribution in [0.4, 0.5) is 11.5 Å². The van der Waals surface area contributed by atoms with E-state index < -0.39 is 10.8 Å². The smallest absolute Gasteiger partial charge is 0.133 e. The van der Waals surface area contributed by atoms with Crippen LogP contribution in [0.3, 0.4) is 0 Å². The number of nitrogen functional groups attached to an aromatic ring is 1. The molecule has 0 aliphatic heterocycles. The highest BCUT2D eigenvalue weighted by Crippen LogP contribution is 2.16. The number of halogens is 1. The van der Waals surface area contributed by atoms with Crippen molar-refractivity contribution in [2.45, 2.75) is 13.0 Å². The van der Waals surface area contributed by atoms with Crippen molar-refractivity contribution in [1.29, 1.82) is 0 Å². The van der Waals surface area contributed by atoms with Gasteiger partial charge in [-0.25, -0.2) is 4.98 Å². The van der Waals surface area contributed by atoms with Crippen molar-refractivity contribution in [1.82, 2.24) is 4.98 Å². The predicted molar refractivity (Wildman–Crippen MR) is 65.7 cm³/mol. The van der Waals surface area contributed by atoms with Crippen LogP contribution in [0.5, 0.6) is 0 Å². The Kier molecular flexibility index (Phi) is 4.35. The molecule has 0 aliphatic rings. The van der Waals surface area contributed by atoms with Gasteiger partial charge in [0.1, 0.15) is 11.0 Å². The second-order valence-electron chi connectivity index (χ2n) is 3.39. The van der Waals surface area contributed by atoms with E-state index >= 15 is 0 Å². The fourth-order valence-corrected chi connectivity index (χ4v) is 2.24. The molecule has 0 saturated heterocycles. The third-order valence-corrected chi connectivity index (χ3v) is 2.86. The molecule has 1 aromatic rings.